The largest absolute Gasteiger partial charge is 0.461 e. The third-order valence-electron chi connectivity index (χ3n) is 3.81. The minimum absolute atomic E-state index is 0.0225. The average Bonchev–Trinajstić information content (AvgIpc) is 2.99. The molecule has 1 aromatic rings. The fraction of sp³-hybridized carbons (Fsp3) is 0.400. The Bertz CT molecular complexity index is 435. The molecule has 2 heteroatoms. The second-order valence-corrected chi connectivity index (χ2v) is 4.98. The van der Waals surface area contributed by atoms with Gasteiger partial charge in [-0.3, -0.25) is 4.79 Å². The number of fused-ring (bicyclic) bond motifs is 2. The van der Waals surface area contributed by atoms with Crippen LogP contribution >= 0.6 is 0 Å². The molecule has 0 saturated heterocycles. The van der Waals surface area contributed by atoms with Crippen LogP contribution in [0.1, 0.15) is 18.4 Å². The molecule has 0 radical (unpaired) electrons. The molecule has 0 heterocycles. The first-order chi connectivity index (χ1) is 8.33. The lowest BCUT2D eigenvalue weighted by Crippen LogP contribution is -2.21. The minimum Gasteiger partial charge on any atom is -0.461 e. The number of rotatable bonds is 3. The summed E-state index contributed by atoms with van der Waals surface area (Å²) in [6.45, 7) is 0.400. The molecule has 1 fully saturated rings. The highest BCUT2D eigenvalue weighted by Crippen LogP contribution is 2.43. The van der Waals surface area contributed by atoms with Gasteiger partial charge in [-0.2, -0.15) is 0 Å². The highest BCUT2D eigenvalue weighted by molar-refractivity contribution is 5.74. The summed E-state index contributed by atoms with van der Waals surface area (Å²) in [7, 11) is 0. The van der Waals surface area contributed by atoms with E-state index in [1.807, 2.05) is 30.3 Å². The Hall–Kier alpha value is -1.57. The summed E-state index contributed by atoms with van der Waals surface area (Å²) in [5.41, 5.74) is 1.06. The van der Waals surface area contributed by atoms with E-state index >= 15 is 0 Å². The highest BCUT2D eigenvalue weighted by Gasteiger charge is 2.40. The number of hydrogen-bond acceptors (Lipinski definition) is 2. The van der Waals surface area contributed by atoms with Crippen LogP contribution in [0.25, 0.3) is 0 Å². The Morgan fingerprint density at radius 2 is 2.00 bits per heavy atom. The van der Waals surface area contributed by atoms with Crippen LogP contribution in [-0.2, 0) is 16.1 Å². The van der Waals surface area contributed by atoms with Crippen molar-refractivity contribution in [2.75, 3.05) is 0 Å². The first-order valence-corrected chi connectivity index (χ1v) is 6.22. The van der Waals surface area contributed by atoms with Gasteiger partial charge in [-0.1, -0.05) is 42.5 Å². The predicted molar refractivity (Wildman–Crippen MR) is 65.1 cm³/mol. The fourth-order valence-corrected chi connectivity index (χ4v) is 2.89. The Kier molecular flexibility index (Phi) is 2.71. The van der Waals surface area contributed by atoms with Crippen LogP contribution in [0.4, 0.5) is 0 Å². The summed E-state index contributed by atoms with van der Waals surface area (Å²) < 4.78 is 5.39. The zero-order chi connectivity index (χ0) is 11.7. The van der Waals surface area contributed by atoms with Gasteiger partial charge in [-0.05, 0) is 30.2 Å². The van der Waals surface area contributed by atoms with Gasteiger partial charge in [0.2, 0.25) is 0 Å². The maximum absolute atomic E-state index is 12.0. The molecular formula is C15H16O2. The van der Waals surface area contributed by atoms with Crippen LogP contribution < -0.4 is 0 Å². The van der Waals surface area contributed by atoms with Crippen molar-refractivity contribution in [1.82, 2.24) is 0 Å². The summed E-state index contributed by atoms with van der Waals surface area (Å²) in [4.78, 5) is 12.0. The van der Waals surface area contributed by atoms with Crippen molar-refractivity contribution in [2.45, 2.75) is 19.4 Å². The van der Waals surface area contributed by atoms with Crippen LogP contribution in [0, 0.1) is 17.8 Å². The van der Waals surface area contributed by atoms with Gasteiger partial charge in [0.15, 0.2) is 0 Å². The molecule has 3 rings (SSSR count). The lowest BCUT2D eigenvalue weighted by Gasteiger charge is -2.16. The number of carbonyl (C=O) groups excluding carboxylic acids is 1. The molecule has 2 aliphatic rings. The summed E-state index contributed by atoms with van der Waals surface area (Å²) in [5, 5.41) is 0. The normalized spacial score (nSPS) is 29.5. The van der Waals surface area contributed by atoms with Gasteiger partial charge in [0.05, 0.1) is 5.92 Å². The second-order valence-electron chi connectivity index (χ2n) is 4.98. The van der Waals surface area contributed by atoms with Gasteiger partial charge in [-0.15, -0.1) is 0 Å². The molecule has 0 unspecified atom stereocenters. The fourth-order valence-electron chi connectivity index (χ4n) is 2.89. The Balaban J connectivity index is 1.56. The van der Waals surface area contributed by atoms with E-state index in [2.05, 4.69) is 12.2 Å². The maximum Gasteiger partial charge on any atom is 0.309 e. The maximum atomic E-state index is 12.0. The van der Waals surface area contributed by atoms with E-state index in [0.29, 0.717) is 18.4 Å². The van der Waals surface area contributed by atoms with Gasteiger partial charge in [-0.25, -0.2) is 0 Å². The smallest absolute Gasteiger partial charge is 0.309 e. The highest BCUT2D eigenvalue weighted by atomic mass is 16.5. The zero-order valence-electron chi connectivity index (χ0n) is 9.71. The molecular weight excluding hydrogens is 212 g/mol. The van der Waals surface area contributed by atoms with E-state index in [1.54, 1.807) is 0 Å². The number of allylic oxidation sites excluding steroid dienone is 2. The van der Waals surface area contributed by atoms with Gasteiger partial charge < -0.3 is 4.74 Å². The monoisotopic (exact) mass is 228 g/mol. The SMILES string of the molecule is O=C(OCc1ccccc1)[C@H]1C[C@@H]2C=C[C@H]1C2. The van der Waals surface area contributed by atoms with Crippen molar-refractivity contribution in [3.05, 3.63) is 48.0 Å². The molecule has 2 nitrogen and oxygen atoms in total. The van der Waals surface area contributed by atoms with E-state index in [1.165, 1.54) is 0 Å². The summed E-state index contributed by atoms with van der Waals surface area (Å²) in [6, 6.07) is 9.85. The molecule has 0 N–H and O–H groups in total. The van der Waals surface area contributed by atoms with Gasteiger partial charge in [0.25, 0.3) is 0 Å². The molecule has 88 valence electrons. The molecule has 0 aromatic heterocycles. The quantitative estimate of drug-likeness (QED) is 0.587. The molecule has 3 atom stereocenters. The first-order valence-electron chi connectivity index (χ1n) is 6.22. The third-order valence-corrected chi connectivity index (χ3v) is 3.81. The van der Waals surface area contributed by atoms with Crippen molar-refractivity contribution >= 4 is 5.97 Å². The number of esters is 1. The lowest BCUT2D eigenvalue weighted by atomic mass is 9.94. The molecule has 1 aromatic carbocycles. The summed E-state index contributed by atoms with van der Waals surface area (Å²) >= 11 is 0. The molecule has 0 aliphatic heterocycles. The molecule has 0 spiro atoms. The van der Waals surface area contributed by atoms with E-state index in [0.717, 1.165) is 18.4 Å². The zero-order valence-corrected chi connectivity index (χ0v) is 9.71. The van der Waals surface area contributed by atoms with E-state index in [4.69, 9.17) is 4.74 Å². The van der Waals surface area contributed by atoms with E-state index < -0.39 is 0 Å². The number of hydrogen-bond donors (Lipinski definition) is 0. The Morgan fingerprint density at radius 3 is 2.65 bits per heavy atom. The molecule has 2 bridgehead atoms. The van der Waals surface area contributed by atoms with Crippen LogP contribution in [0.5, 0.6) is 0 Å². The van der Waals surface area contributed by atoms with Crippen molar-refractivity contribution in [3.8, 4) is 0 Å². The van der Waals surface area contributed by atoms with Crippen molar-refractivity contribution < 1.29 is 9.53 Å². The van der Waals surface area contributed by atoms with Crippen molar-refractivity contribution in [1.29, 1.82) is 0 Å². The number of ether oxygens (including phenoxy) is 1. The van der Waals surface area contributed by atoms with Crippen LogP contribution in [0.15, 0.2) is 42.5 Å². The van der Waals surface area contributed by atoms with Gasteiger partial charge >= 0.3 is 5.97 Å². The average molecular weight is 228 g/mol. The van der Waals surface area contributed by atoms with Crippen molar-refractivity contribution in [3.63, 3.8) is 0 Å². The number of benzene rings is 1. The van der Waals surface area contributed by atoms with E-state index in [-0.39, 0.29) is 11.9 Å². The molecule has 1 saturated carbocycles. The van der Waals surface area contributed by atoms with Crippen LogP contribution in [0.2, 0.25) is 0 Å². The molecule has 0 amide bonds. The van der Waals surface area contributed by atoms with E-state index in [9.17, 15) is 4.79 Å². The van der Waals surface area contributed by atoms with Gasteiger partial charge in [0.1, 0.15) is 6.61 Å². The second kappa shape index (κ2) is 4.36. The van der Waals surface area contributed by atoms with Gasteiger partial charge in [0, 0.05) is 0 Å². The Morgan fingerprint density at radius 1 is 1.18 bits per heavy atom. The molecule has 2 aliphatic carbocycles. The van der Waals surface area contributed by atoms with Crippen LogP contribution in [-0.4, -0.2) is 5.97 Å². The Labute approximate surface area is 101 Å². The number of carbonyl (C=O) groups is 1. The minimum atomic E-state index is -0.0225. The standard InChI is InChI=1S/C15H16O2/c16-15(14-9-12-6-7-13(14)8-12)17-10-11-4-2-1-3-5-11/h1-7,12-14H,8-10H2/t12-,13+,14+/m1/s1. The third kappa shape index (κ3) is 2.12. The van der Waals surface area contributed by atoms with Crippen molar-refractivity contribution in [2.24, 2.45) is 17.8 Å². The lowest BCUT2D eigenvalue weighted by molar-refractivity contribution is -0.150. The first kappa shape index (κ1) is 10.6. The predicted octanol–water partition coefficient (Wildman–Crippen LogP) is 2.94. The summed E-state index contributed by atoms with van der Waals surface area (Å²) in [6.07, 6.45) is 6.55. The summed E-state index contributed by atoms with van der Waals surface area (Å²) in [5.74, 6) is 1.14. The van der Waals surface area contributed by atoms with Crippen LogP contribution in [0.3, 0.4) is 0 Å². The molecule has 17 heavy (non-hydrogen) atoms. The topological polar surface area (TPSA) is 26.3 Å².